The highest BCUT2D eigenvalue weighted by Gasteiger charge is 2.06. The van der Waals surface area contributed by atoms with E-state index in [-0.39, 0.29) is 17.6 Å². The van der Waals surface area contributed by atoms with Crippen LogP contribution in [0.1, 0.15) is 12.7 Å². The van der Waals surface area contributed by atoms with Gasteiger partial charge in [-0.25, -0.2) is 0 Å². The predicted molar refractivity (Wildman–Crippen MR) is 44.1 cm³/mol. The Labute approximate surface area is 75.3 Å². The summed E-state index contributed by atoms with van der Waals surface area (Å²) in [6.07, 6.45) is 0.139. The molecule has 4 heteroatoms. The molecule has 1 heterocycles. The quantitative estimate of drug-likeness (QED) is 0.682. The van der Waals surface area contributed by atoms with Crippen LogP contribution in [0.4, 0.5) is 0 Å². The van der Waals surface area contributed by atoms with Gasteiger partial charge in [-0.1, -0.05) is 0 Å². The fraction of sp³-hybridized carbons (Fsp3) is 0.375. The molecule has 0 saturated carbocycles. The molecule has 1 aromatic heterocycles. The van der Waals surface area contributed by atoms with Gasteiger partial charge in [0.2, 0.25) is 0 Å². The maximum Gasteiger partial charge on any atom is 0.313 e. The number of hydrogen-bond acceptors (Lipinski definition) is 3. The third-order valence-corrected chi connectivity index (χ3v) is 1.46. The molecule has 0 N–H and O–H groups in total. The van der Waals surface area contributed by atoms with Crippen molar-refractivity contribution in [3.63, 3.8) is 0 Å². The maximum atomic E-state index is 10.9. The van der Waals surface area contributed by atoms with Gasteiger partial charge in [-0.05, 0) is 30.7 Å². The highest BCUT2D eigenvalue weighted by Crippen LogP contribution is 2.13. The molecule has 0 bridgehead atoms. The van der Waals surface area contributed by atoms with Gasteiger partial charge in [0.15, 0.2) is 5.22 Å². The van der Waals surface area contributed by atoms with Crippen molar-refractivity contribution in [1.82, 2.24) is 0 Å². The fourth-order valence-electron chi connectivity index (χ4n) is 0.801. The Morgan fingerprint density at radius 3 is 2.92 bits per heavy atom. The van der Waals surface area contributed by atoms with Crippen molar-refractivity contribution in [2.45, 2.75) is 13.3 Å². The lowest BCUT2D eigenvalue weighted by Crippen LogP contribution is -2.06. The summed E-state index contributed by atoms with van der Waals surface area (Å²) in [5.74, 6) is 0.224. The Morgan fingerprint density at radius 1 is 1.67 bits per heavy atom. The van der Waals surface area contributed by atoms with Crippen LogP contribution in [-0.2, 0) is 16.0 Å². The molecule has 0 saturated heterocycles. The van der Waals surface area contributed by atoms with Crippen molar-refractivity contribution in [2.75, 3.05) is 6.61 Å². The van der Waals surface area contributed by atoms with Crippen LogP contribution >= 0.6 is 11.6 Å². The van der Waals surface area contributed by atoms with Gasteiger partial charge in [0.05, 0.1) is 6.61 Å². The summed E-state index contributed by atoms with van der Waals surface area (Å²) in [5.41, 5.74) is 0. The summed E-state index contributed by atoms with van der Waals surface area (Å²) in [6, 6.07) is 3.25. The molecule has 0 aliphatic rings. The van der Waals surface area contributed by atoms with E-state index in [0.717, 1.165) is 0 Å². The Morgan fingerprint density at radius 2 is 2.42 bits per heavy atom. The standard InChI is InChI=1S/C8H9ClO3/c1-2-11-8(10)5-6-3-4-7(9)12-6/h3-4H,2,5H2,1H3. The molecule has 0 fully saturated rings. The van der Waals surface area contributed by atoms with Crippen LogP contribution < -0.4 is 0 Å². The average molecular weight is 189 g/mol. The highest BCUT2D eigenvalue weighted by atomic mass is 35.5. The van der Waals surface area contributed by atoms with E-state index in [1.165, 1.54) is 0 Å². The van der Waals surface area contributed by atoms with Crippen molar-refractivity contribution >= 4 is 17.6 Å². The summed E-state index contributed by atoms with van der Waals surface area (Å²) in [7, 11) is 0. The Bertz CT molecular complexity index is 267. The zero-order valence-electron chi connectivity index (χ0n) is 6.67. The first-order valence-corrected chi connectivity index (χ1v) is 4.00. The normalized spacial score (nSPS) is 9.83. The Hall–Kier alpha value is -0.960. The molecule has 1 rings (SSSR count). The van der Waals surface area contributed by atoms with E-state index in [1.807, 2.05) is 0 Å². The van der Waals surface area contributed by atoms with E-state index in [4.69, 9.17) is 20.8 Å². The minimum absolute atomic E-state index is 0.139. The second-order valence-electron chi connectivity index (χ2n) is 2.19. The zero-order chi connectivity index (χ0) is 8.97. The Balaban J connectivity index is 2.46. The molecule has 66 valence electrons. The number of rotatable bonds is 3. The summed E-state index contributed by atoms with van der Waals surface area (Å²) in [5, 5.41) is 0.286. The number of furan rings is 1. The van der Waals surface area contributed by atoms with E-state index in [1.54, 1.807) is 19.1 Å². The second kappa shape index (κ2) is 4.16. The number of hydrogen-bond donors (Lipinski definition) is 0. The SMILES string of the molecule is CCOC(=O)Cc1ccc(Cl)o1. The summed E-state index contributed by atoms with van der Waals surface area (Å²) >= 11 is 5.50. The Kier molecular flexibility index (Phi) is 3.17. The van der Waals surface area contributed by atoms with E-state index >= 15 is 0 Å². The average Bonchev–Trinajstić information content (AvgIpc) is 2.36. The molecule has 0 aliphatic carbocycles. The first-order chi connectivity index (χ1) is 5.72. The van der Waals surface area contributed by atoms with Crippen molar-refractivity contribution in [1.29, 1.82) is 0 Å². The van der Waals surface area contributed by atoms with Crippen LogP contribution in [-0.4, -0.2) is 12.6 Å². The van der Waals surface area contributed by atoms with Gasteiger partial charge < -0.3 is 9.15 Å². The number of esters is 1. The summed E-state index contributed by atoms with van der Waals surface area (Å²) in [6.45, 7) is 2.14. The number of ether oxygens (including phenoxy) is 1. The maximum absolute atomic E-state index is 10.9. The van der Waals surface area contributed by atoms with E-state index < -0.39 is 0 Å². The van der Waals surface area contributed by atoms with Crippen LogP contribution in [0.3, 0.4) is 0 Å². The minimum atomic E-state index is -0.302. The van der Waals surface area contributed by atoms with Crippen LogP contribution in [0.5, 0.6) is 0 Å². The van der Waals surface area contributed by atoms with Crippen molar-refractivity contribution in [3.8, 4) is 0 Å². The van der Waals surface area contributed by atoms with Crippen LogP contribution in [0.2, 0.25) is 5.22 Å². The number of carbonyl (C=O) groups is 1. The minimum Gasteiger partial charge on any atom is -0.466 e. The third-order valence-electron chi connectivity index (χ3n) is 1.25. The lowest BCUT2D eigenvalue weighted by molar-refractivity contribution is -0.142. The molecule has 0 spiro atoms. The molecule has 1 aromatic rings. The highest BCUT2D eigenvalue weighted by molar-refractivity contribution is 6.28. The van der Waals surface area contributed by atoms with Gasteiger partial charge in [-0.2, -0.15) is 0 Å². The number of carbonyl (C=O) groups excluding carboxylic acids is 1. The van der Waals surface area contributed by atoms with Gasteiger partial charge in [0, 0.05) is 0 Å². The van der Waals surface area contributed by atoms with Gasteiger partial charge >= 0.3 is 5.97 Å². The number of halogens is 1. The zero-order valence-corrected chi connectivity index (χ0v) is 7.43. The van der Waals surface area contributed by atoms with Crippen LogP contribution in [0.25, 0.3) is 0 Å². The van der Waals surface area contributed by atoms with Crippen LogP contribution in [0.15, 0.2) is 16.5 Å². The third kappa shape index (κ3) is 2.58. The molecule has 3 nitrogen and oxygen atoms in total. The lowest BCUT2D eigenvalue weighted by Gasteiger charge is -1.97. The molecule has 0 amide bonds. The van der Waals surface area contributed by atoms with Gasteiger partial charge in [-0.3, -0.25) is 4.79 Å². The van der Waals surface area contributed by atoms with E-state index in [9.17, 15) is 4.79 Å². The van der Waals surface area contributed by atoms with Gasteiger partial charge in [0.1, 0.15) is 12.2 Å². The van der Waals surface area contributed by atoms with E-state index in [2.05, 4.69) is 0 Å². The monoisotopic (exact) mass is 188 g/mol. The largest absolute Gasteiger partial charge is 0.466 e. The second-order valence-corrected chi connectivity index (χ2v) is 2.56. The molecular formula is C8H9ClO3. The van der Waals surface area contributed by atoms with Crippen molar-refractivity contribution in [2.24, 2.45) is 0 Å². The topological polar surface area (TPSA) is 39.4 Å². The van der Waals surface area contributed by atoms with Gasteiger partial charge in [-0.15, -0.1) is 0 Å². The van der Waals surface area contributed by atoms with Crippen molar-refractivity contribution < 1.29 is 13.9 Å². The molecule has 0 aromatic carbocycles. The molecule has 0 unspecified atom stereocenters. The molecule has 0 aliphatic heterocycles. The van der Waals surface area contributed by atoms with Crippen molar-refractivity contribution in [3.05, 3.63) is 23.1 Å². The lowest BCUT2D eigenvalue weighted by atomic mass is 10.3. The molecule has 0 atom stereocenters. The summed E-state index contributed by atoms with van der Waals surface area (Å²) in [4.78, 5) is 10.9. The first-order valence-electron chi connectivity index (χ1n) is 3.62. The van der Waals surface area contributed by atoms with Crippen LogP contribution in [0, 0.1) is 0 Å². The molecule has 12 heavy (non-hydrogen) atoms. The van der Waals surface area contributed by atoms with Gasteiger partial charge in [0.25, 0.3) is 0 Å². The van der Waals surface area contributed by atoms with E-state index in [0.29, 0.717) is 12.4 Å². The summed E-state index contributed by atoms with van der Waals surface area (Å²) < 4.78 is 9.68. The molecule has 0 radical (unpaired) electrons. The smallest absolute Gasteiger partial charge is 0.313 e. The predicted octanol–water partition coefficient (Wildman–Crippen LogP) is 2.04. The fourth-order valence-corrected chi connectivity index (χ4v) is 0.963. The molecular weight excluding hydrogens is 180 g/mol. The first kappa shape index (κ1) is 9.13.